The van der Waals surface area contributed by atoms with Crippen LogP contribution < -0.4 is 0 Å². The van der Waals surface area contributed by atoms with Crippen LogP contribution in [0.2, 0.25) is 0 Å². The zero-order valence-electron chi connectivity index (χ0n) is 12.7. The zero-order valence-corrected chi connectivity index (χ0v) is 13.5. The minimum absolute atomic E-state index is 0.0849. The van der Waals surface area contributed by atoms with Crippen molar-refractivity contribution in [2.24, 2.45) is 5.92 Å². The molecule has 0 saturated carbocycles. The van der Waals surface area contributed by atoms with E-state index in [1.54, 1.807) is 12.1 Å². The molecule has 2 aromatic rings. The van der Waals surface area contributed by atoms with Gasteiger partial charge in [-0.05, 0) is 43.4 Å². The summed E-state index contributed by atoms with van der Waals surface area (Å²) in [5.74, 6) is 0.531. The Labute approximate surface area is 134 Å². The third-order valence-corrected chi connectivity index (χ3v) is 5.37. The van der Waals surface area contributed by atoms with E-state index >= 15 is 0 Å². The van der Waals surface area contributed by atoms with Gasteiger partial charge in [-0.15, -0.1) is 11.3 Å². The summed E-state index contributed by atoms with van der Waals surface area (Å²) in [5, 5.41) is 0. The molecule has 1 atom stereocenters. The summed E-state index contributed by atoms with van der Waals surface area (Å²) in [6.45, 7) is 3.90. The van der Waals surface area contributed by atoms with Gasteiger partial charge < -0.3 is 4.90 Å². The molecule has 0 bridgehead atoms. The van der Waals surface area contributed by atoms with E-state index in [-0.39, 0.29) is 11.7 Å². The Morgan fingerprint density at radius 3 is 2.82 bits per heavy atom. The maximum Gasteiger partial charge on any atom is 0.263 e. The highest BCUT2D eigenvalue weighted by Gasteiger charge is 2.21. The molecule has 0 unspecified atom stereocenters. The molecule has 4 heteroatoms. The lowest BCUT2D eigenvalue weighted by atomic mass is 10.0. The van der Waals surface area contributed by atoms with Crippen LogP contribution in [0.5, 0.6) is 0 Å². The molecule has 0 aliphatic carbocycles. The summed E-state index contributed by atoms with van der Waals surface area (Å²) in [6, 6.07) is 10.4. The van der Waals surface area contributed by atoms with E-state index in [0.29, 0.717) is 16.4 Å². The van der Waals surface area contributed by atoms with Gasteiger partial charge in [0.25, 0.3) is 5.91 Å². The highest BCUT2D eigenvalue weighted by Crippen LogP contribution is 2.31. The number of benzene rings is 1. The number of likely N-dealkylation sites (tertiary alicyclic amines) is 1. The van der Waals surface area contributed by atoms with Crippen LogP contribution in [0.15, 0.2) is 36.4 Å². The SMILES string of the molecule is C[C@@H]1CCCN(C(=O)c2ccc(-c3ccccc3F)s2)CC1. The van der Waals surface area contributed by atoms with Crippen molar-refractivity contribution in [3.05, 3.63) is 47.1 Å². The normalized spacial score (nSPS) is 19.0. The molecule has 2 nitrogen and oxygen atoms in total. The molecular formula is C18H20FNOS. The summed E-state index contributed by atoms with van der Waals surface area (Å²) in [6.07, 6.45) is 3.32. The molecule has 1 aromatic carbocycles. The Bertz CT molecular complexity index is 667. The lowest BCUT2D eigenvalue weighted by Gasteiger charge is -2.19. The van der Waals surface area contributed by atoms with Crippen LogP contribution in [0.1, 0.15) is 35.9 Å². The molecular weight excluding hydrogens is 297 g/mol. The Hall–Kier alpha value is -1.68. The van der Waals surface area contributed by atoms with E-state index in [4.69, 9.17) is 0 Å². The monoisotopic (exact) mass is 317 g/mol. The van der Waals surface area contributed by atoms with Crippen molar-refractivity contribution in [1.29, 1.82) is 0 Å². The van der Waals surface area contributed by atoms with Crippen molar-refractivity contribution in [3.63, 3.8) is 0 Å². The van der Waals surface area contributed by atoms with Crippen LogP contribution in [0.4, 0.5) is 4.39 Å². The van der Waals surface area contributed by atoms with Crippen LogP contribution in [0.25, 0.3) is 10.4 Å². The topological polar surface area (TPSA) is 20.3 Å². The average molecular weight is 317 g/mol. The fourth-order valence-corrected chi connectivity index (χ4v) is 3.88. The fraction of sp³-hybridized carbons (Fsp3) is 0.389. The van der Waals surface area contributed by atoms with E-state index in [2.05, 4.69) is 6.92 Å². The van der Waals surface area contributed by atoms with Crippen molar-refractivity contribution in [2.45, 2.75) is 26.2 Å². The maximum absolute atomic E-state index is 13.8. The third kappa shape index (κ3) is 3.22. The number of carbonyl (C=O) groups excluding carboxylic acids is 1. The van der Waals surface area contributed by atoms with Crippen molar-refractivity contribution < 1.29 is 9.18 Å². The fourth-order valence-electron chi connectivity index (χ4n) is 2.88. The van der Waals surface area contributed by atoms with E-state index in [0.717, 1.165) is 30.8 Å². The van der Waals surface area contributed by atoms with Crippen LogP contribution in [0.3, 0.4) is 0 Å². The van der Waals surface area contributed by atoms with Gasteiger partial charge in [0.15, 0.2) is 0 Å². The van der Waals surface area contributed by atoms with Gasteiger partial charge in [0, 0.05) is 23.5 Å². The van der Waals surface area contributed by atoms with E-state index in [1.807, 2.05) is 23.1 Å². The highest BCUT2D eigenvalue weighted by molar-refractivity contribution is 7.17. The average Bonchev–Trinajstić information content (AvgIpc) is 2.90. The van der Waals surface area contributed by atoms with Gasteiger partial charge in [0.2, 0.25) is 0 Å². The quantitative estimate of drug-likeness (QED) is 0.778. The molecule has 3 rings (SSSR count). The van der Waals surface area contributed by atoms with Crippen LogP contribution in [-0.2, 0) is 0 Å². The molecule has 1 aliphatic heterocycles. The molecule has 1 fully saturated rings. The lowest BCUT2D eigenvalue weighted by molar-refractivity contribution is 0.0765. The number of rotatable bonds is 2. The molecule has 22 heavy (non-hydrogen) atoms. The first-order chi connectivity index (χ1) is 10.6. The number of hydrogen-bond acceptors (Lipinski definition) is 2. The second-order valence-electron chi connectivity index (χ2n) is 5.97. The van der Waals surface area contributed by atoms with Crippen LogP contribution >= 0.6 is 11.3 Å². The summed E-state index contributed by atoms with van der Waals surface area (Å²) in [7, 11) is 0. The Kier molecular flexibility index (Phi) is 4.57. The largest absolute Gasteiger partial charge is 0.338 e. The standard InChI is InChI=1S/C18H20FNOS/c1-13-5-4-11-20(12-10-13)18(21)17-9-8-16(22-17)14-6-2-3-7-15(14)19/h2-3,6-9,13H,4-5,10-12H2,1H3/t13-/m1/s1. The predicted molar refractivity (Wildman–Crippen MR) is 88.6 cm³/mol. The Morgan fingerprint density at radius 1 is 1.18 bits per heavy atom. The van der Waals surface area contributed by atoms with Crippen molar-refractivity contribution in [2.75, 3.05) is 13.1 Å². The molecule has 2 heterocycles. The van der Waals surface area contributed by atoms with Gasteiger partial charge in [-0.1, -0.05) is 25.1 Å². The van der Waals surface area contributed by atoms with E-state index in [1.165, 1.54) is 23.8 Å². The first-order valence-corrected chi connectivity index (χ1v) is 8.61. The second-order valence-corrected chi connectivity index (χ2v) is 7.06. The second kappa shape index (κ2) is 6.61. The smallest absolute Gasteiger partial charge is 0.263 e. The van der Waals surface area contributed by atoms with Crippen molar-refractivity contribution >= 4 is 17.2 Å². The summed E-state index contributed by atoms with van der Waals surface area (Å²) >= 11 is 1.38. The van der Waals surface area contributed by atoms with Gasteiger partial charge in [0.05, 0.1) is 4.88 Å². The molecule has 1 aliphatic rings. The Morgan fingerprint density at radius 2 is 2.00 bits per heavy atom. The highest BCUT2D eigenvalue weighted by atomic mass is 32.1. The van der Waals surface area contributed by atoms with Crippen molar-refractivity contribution in [1.82, 2.24) is 4.90 Å². The lowest BCUT2D eigenvalue weighted by Crippen LogP contribution is -2.31. The summed E-state index contributed by atoms with van der Waals surface area (Å²) in [5.41, 5.74) is 0.566. The molecule has 1 amide bonds. The number of amides is 1. The molecule has 0 spiro atoms. The van der Waals surface area contributed by atoms with Gasteiger partial charge in [0.1, 0.15) is 5.82 Å². The minimum Gasteiger partial charge on any atom is -0.338 e. The van der Waals surface area contributed by atoms with Gasteiger partial charge >= 0.3 is 0 Å². The van der Waals surface area contributed by atoms with Gasteiger partial charge in [-0.25, -0.2) is 4.39 Å². The zero-order chi connectivity index (χ0) is 15.5. The molecule has 0 radical (unpaired) electrons. The van der Waals surface area contributed by atoms with Crippen LogP contribution in [0, 0.1) is 11.7 Å². The van der Waals surface area contributed by atoms with Gasteiger partial charge in [-0.2, -0.15) is 0 Å². The first-order valence-electron chi connectivity index (χ1n) is 7.79. The molecule has 116 valence electrons. The number of hydrogen-bond donors (Lipinski definition) is 0. The van der Waals surface area contributed by atoms with Crippen LogP contribution in [-0.4, -0.2) is 23.9 Å². The third-order valence-electron chi connectivity index (χ3n) is 4.26. The van der Waals surface area contributed by atoms with Gasteiger partial charge in [-0.3, -0.25) is 4.79 Å². The van der Waals surface area contributed by atoms with E-state index in [9.17, 15) is 9.18 Å². The molecule has 1 saturated heterocycles. The number of thiophene rings is 1. The molecule has 0 N–H and O–H groups in total. The number of nitrogens with zero attached hydrogens (tertiary/aromatic N) is 1. The predicted octanol–water partition coefficient (Wildman–Crippen LogP) is 4.82. The summed E-state index contributed by atoms with van der Waals surface area (Å²) in [4.78, 5) is 16.1. The molecule has 1 aromatic heterocycles. The number of carbonyl (C=O) groups is 1. The first kappa shape index (κ1) is 15.2. The van der Waals surface area contributed by atoms with Crippen molar-refractivity contribution in [3.8, 4) is 10.4 Å². The maximum atomic E-state index is 13.8. The number of halogens is 1. The van der Waals surface area contributed by atoms with E-state index < -0.39 is 0 Å². The Balaban J connectivity index is 1.78. The summed E-state index contributed by atoms with van der Waals surface area (Å²) < 4.78 is 13.8. The minimum atomic E-state index is -0.244.